The number of benzene rings is 2. The van der Waals surface area contributed by atoms with Crippen LogP contribution < -0.4 is 4.74 Å². The Bertz CT molecular complexity index is 1080. The smallest absolute Gasteiger partial charge is 0.312 e. The molecule has 33 heavy (non-hydrogen) atoms. The van der Waals surface area contributed by atoms with Gasteiger partial charge >= 0.3 is 5.97 Å². The molecule has 3 aromatic rings. The first-order valence-corrected chi connectivity index (χ1v) is 11.1. The molecule has 0 spiro atoms. The predicted octanol–water partition coefficient (Wildman–Crippen LogP) is 5.45. The molecule has 0 aliphatic heterocycles. The quantitative estimate of drug-likeness (QED) is 0.308. The first-order valence-electron chi connectivity index (χ1n) is 11.1. The number of carboxylic acid groups (broad SMARTS) is 1. The zero-order valence-corrected chi connectivity index (χ0v) is 19.5. The molecule has 1 atom stereocenters. The van der Waals surface area contributed by atoms with Gasteiger partial charge in [0.25, 0.3) is 0 Å². The second-order valence-electron chi connectivity index (χ2n) is 7.75. The van der Waals surface area contributed by atoms with Gasteiger partial charge in [-0.25, -0.2) is 4.98 Å². The van der Waals surface area contributed by atoms with Gasteiger partial charge in [0.2, 0.25) is 5.89 Å². The van der Waals surface area contributed by atoms with Gasteiger partial charge in [-0.1, -0.05) is 36.3 Å². The van der Waals surface area contributed by atoms with E-state index in [1.807, 2.05) is 43.3 Å². The zero-order valence-electron chi connectivity index (χ0n) is 19.5. The molecule has 1 N–H and O–H groups in total. The lowest BCUT2D eigenvalue weighted by molar-refractivity contribution is -0.139. The average molecular weight is 451 g/mol. The molecule has 0 bridgehead atoms. The summed E-state index contributed by atoms with van der Waals surface area (Å²) >= 11 is 0. The topological polar surface area (TPSA) is 94.2 Å². The van der Waals surface area contributed by atoms with E-state index in [-0.39, 0.29) is 6.61 Å². The van der Waals surface area contributed by atoms with Gasteiger partial charge in [-0.05, 0) is 69.0 Å². The summed E-state index contributed by atoms with van der Waals surface area (Å²) in [5.74, 6) is 0.285. The highest BCUT2D eigenvalue weighted by Gasteiger charge is 2.22. The van der Waals surface area contributed by atoms with Gasteiger partial charge in [-0.3, -0.25) is 4.79 Å². The molecule has 2 aromatic carbocycles. The third-order valence-corrected chi connectivity index (χ3v) is 5.38. The van der Waals surface area contributed by atoms with Crippen molar-refractivity contribution in [3.8, 4) is 17.2 Å². The summed E-state index contributed by atoms with van der Waals surface area (Å²) in [5.41, 5.74) is 4.24. The van der Waals surface area contributed by atoms with Gasteiger partial charge < -0.3 is 19.1 Å². The number of aryl methyl sites for hydroxylation is 2. The van der Waals surface area contributed by atoms with Gasteiger partial charge in [-0.2, -0.15) is 0 Å². The summed E-state index contributed by atoms with van der Waals surface area (Å²) in [4.78, 5) is 21.2. The Morgan fingerprint density at radius 2 is 1.76 bits per heavy atom. The molecule has 0 fully saturated rings. The Morgan fingerprint density at radius 3 is 2.36 bits per heavy atom. The van der Waals surface area contributed by atoms with Crippen molar-refractivity contribution < 1.29 is 23.9 Å². The van der Waals surface area contributed by atoms with Gasteiger partial charge in [0.15, 0.2) is 0 Å². The van der Waals surface area contributed by atoms with Crippen LogP contribution in [-0.4, -0.2) is 28.4 Å². The van der Waals surface area contributed by atoms with Crippen LogP contribution in [0.2, 0.25) is 0 Å². The molecule has 0 amide bonds. The van der Waals surface area contributed by atoms with E-state index in [1.54, 1.807) is 13.8 Å². The van der Waals surface area contributed by atoms with E-state index < -0.39 is 11.9 Å². The van der Waals surface area contributed by atoms with E-state index in [4.69, 9.17) is 14.0 Å². The number of aromatic nitrogens is 1. The molecule has 0 aliphatic rings. The van der Waals surface area contributed by atoms with Gasteiger partial charge in [0, 0.05) is 5.56 Å². The maximum atomic E-state index is 11.6. The summed E-state index contributed by atoms with van der Waals surface area (Å²) < 4.78 is 11.7. The summed E-state index contributed by atoms with van der Waals surface area (Å²) in [6.07, 6.45) is 1.31. The fourth-order valence-corrected chi connectivity index (χ4v) is 3.32. The van der Waals surface area contributed by atoms with E-state index in [0.29, 0.717) is 30.4 Å². The molecule has 174 valence electrons. The number of aliphatic carboxylic acids is 1. The number of carbonyl (C=O) groups is 1. The number of oxime groups is 1. The maximum Gasteiger partial charge on any atom is 0.312 e. The second kappa shape index (κ2) is 11.3. The number of oxazole rings is 1. The molecule has 1 unspecified atom stereocenters. The van der Waals surface area contributed by atoms with Crippen LogP contribution in [0.5, 0.6) is 5.75 Å². The van der Waals surface area contributed by atoms with Crippen molar-refractivity contribution in [1.29, 1.82) is 0 Å². The van der Waals surface area contributed by atoms with Crippen LogP contribution in [0.25, 0.3) is 11.5 Å². The van der Waals surface area contributed by atoms with Gasteiger partial charge in [0.05, 0.1) is 5.71 Å². The van der Waals surface area contributed by atoms with E-state index >= 15 is 0 Å². The van der Waals surface area contributed by atoms with Crippen molar-refractivity contribution in [2.24, 2.45) is 11.1 Å². The van der Waals surface area contributed by atoms with Gasteiger partial charge in [0.1, 0.15) is 36.3 Å². The summed E-state index contributed by atoms with van der Waals surface area (Å²) in [6.45, 7) is 8.13. The van der Waals surface area contributed by atoms with E-state index in [9.17, 15) is 9.90 Å². The fraction of sp³-hybridized carbons (Fsp3) is 0.346. The molecule has 1 aromatic heterocycles. The molecule has 7 heteroatoms. The maximum absolute atomic E-state index is 11.6. The van der Waals surface area contributed by atoms with E-state index in [0.717, 1.165) is 29.0 Å². The van der Waals surface area contributed by atoms with Crippen LogP contribution in [0.15, 0.2) is 58.1 Å². The summed E-state index contributed by atoms with van der Waals surface area (Å²) in [5, 5.41) is 13.4. The van der Waals surface area contributed by atoms with Crippen molar-refractivity contribution >= 4 is 11.7 Å². The van der Waals surface area contributed by atoms with Crippen molar-refractivity contribution in [2.45, 2.75) is 47.1 Å². The Balaban J connectivity index is 1.62. The minimum absolute atomic E-state index is 0.277. The SMILES string of the molecule is CCON=C(C)C(Cc1ccc(OCc2nc(-c3ccc(CC)cc3)oc2C)cc1)C(=O)O. The van der Waals surface area contributed by atoms with Crippen LogP contribution in [-0.2, 0) is 29.1 Å². The molecule has 1 heterocycles. The molecular weight excluding hydrogens is 420 g/mol. The lowest BCUT2D eigenvalue weighted by Gasteiger charge is -2.12. The molecule has 0 saturated carbocycles. The molecular formula is C26H30N2O5. The Morgan fingerprint density at radius 1 is 1.09 bits per heavy atom. The van der Waals surface area contributed by atoms with E-state index in [1.165, 1.54) is 5.56 Å². The second-order valence-corrected chi connectivity index (χ2v) is 7.75. The standard InChI is InChI=1S/C26H30N2O5/c1-5-19-7-11-21(12-8-19)25-27-24(18(4)33-25)16-31-22-13-9-20(10-14-22)15-23(26(29)30)17(3)28-32-6-2/h7-14,23H,5-6,15-16H2,1-4H3,(H,29,30). The highest BCUT2D eigenvalue weighted by Crippen LogP contribution is 2.24. The summed E-state index contributed by atoms with van der Waals surface area (Å²) in [6, 6.07) is 15.5. The fourth-order valence-electron chi connectivity index (χ4n) is 3.32. The monoisotopic (exact) mass is 450 g/mol. The number of ether oxygens (including phenoxy) is 1. The van der Waals surface area contributed by atoms with E-state index in [2.05, 4.69) is 29.2 Å². The van der Waals surface area contributed by atoms with Crippen molar-refractivity contribution in [3.63, 3.8) is 0 Å². The highest BCUT2D eigenvalue weighted by molar-refractivity contribution is 6.00. The average Bonchev–Trinajstić information content (AvgIpc) is 3.20. The predicted molar refractivity (Wildman–Crippen MR) is 126 cm³/mol. The third-order valence-electron chi connectivity index (χ3n) is 5.38. The van der Waals surface area contributed by atoms with Crippen LogP contribution in [0.1, 0.15) is 43.4 Å². The number of nitrogens with zero attached hydrogens (tertiary/aromatic N) is 2. The Labute approximate surface area is 194 Å². The molecule has 0 saturated heterocycles. The third kappa shape index (κ3) is 6.44. The van der Waals surface area contributed by atoms with Crippen LogP contribution >= 0.6 is 0 Å². The molecule has 0 aliphatic carbocycles. The van der Waals surface area contributed by atoms with Gasteiger partial charge in [-0.15, -0.1) is 0 Å². The number of rotatable bonds is 11. The zero-order chi connectivity index (χ0) is 23.8. The van der Waals surface area contributed by atoms with Crippen LogP contribution in [0.4, 0.5) is 0 Å². The Hall–Kier alpha value is -3.61. The lowest BCUT2D eigenvalue weighted by Crippen LogP contribution is -2.24. The Kier molecular flexibility index (Phi) is 8.24. The molecule has 3 rings (SSSR count). The number of carboxylic acids is 1. The van der Waals surface area contributed by atoms with Crippen molar-refractivity contribution in [2.75, 3.05) is 6.61 Å². The van der Waals surface area contributed by atoms with Crippen molar-refractivity contribution in [1.82, 2.24) is 4.98 Å². The first kappa shape index (κ1) is 24.0. The minimum atomic E-state index is -0.932. The molecule has 0 radical (unpaired) electrons. The van der Waals surface area contributed by atoms with Crippen LogP contribution in [0, 0.1) is 12.8 Å². The summed E-state index contributed by atoms with van der Waals surface area (Å²) in [7, 11) is 0. The largest absolute Gasteiger partial charge is 0.487 e. The number of hydrogen-bond donors (Lipinski definition) is 1. The number of hydrogen-bond acceptors (Lipinski definition) is 6. The minimum Gasteiger partial charge on any atom is -0.487 e. The highest BCUT2D eigenvalue weighted by atomic mass is 16.6. The molecule has 7 nitrogen and oxygen atoms in total. The van der Waals surface area contributed by atoms with Crippen molar-refractivity contribution in [3.05, 3.63) is 71.1 Å². The first-order chi connectivity index (χ1) is 15.9. The normalized spacial score (nSPS) is 12.4. The lowest BCUT2D eigenvalue weighted by atomic mass is 9.95. The van der Waals surface area contributed by atoms with Crippen LogP contribution in [0.3, 0.4) is 0 Å².